The second-order valence-electron chi connectivity index (χ2n) is 5.13. The van der Waals surface area contributed by atoms with Crippen LogP contribution in [0.1, 0.15) is 25.7 Å². The maximum Gasteiger partial charge on any atom is 0.225 e. The van der Waals surface area contributed by atoms with Crippen LogP contribution in [0.5, 0.6) is 0 Å². The van der Waals surface area contributed by atoms with E-state index in [9.17, 15) is 9.18 Å². The number of nitrogens with zero attached hydrogens (tertiary/aromatic N) is 1. The van der Waals surface area contributed by atoms with Gasteiger partial charge in [-0.1, -0.05) is 0 Å². The zero-order valence-corrected chi connectivity index (χ0v) is 12.4. The van der Waals surface area contributed by atoms with Crippen molar-refractivity contribution in [1.82, 2.24) is 4.90 Å². The summed E-state index contributed by atoms with van der Waals surface area (Å²) in [6, 6.07) is 4.09. The highest BCUT2D eigenvalue weighted by atomic mass is 19.1. The maximum absolute atomic E-state index is 13.5. The van der Waals surface area contributed by atoms with Crippen molar-refractivity contribution in [3.8, 4) is 0 Å². The van der Waals surface area contributed by atoms with Gasteiger partial charge in [0.15, 0.2) is 0 Å². The normalized spacial score (nSPS) is 10.9. The molecule has 0 saturated carbocycles. The van der Waals surface area contributed by atoms with E-state index in [-0.39, 0.29) is 18.2 Å². The molecule has 5 nitrogen and oxygen atoms in total. The van der Waals surface area contributed by atoms with Crippen LogP contribution in [0.4, 0.5) is 15.8 Å². The molecule has 0 bridgehead atoms. The topological polar surface area (TPSA) is 78.6 Å². The van der Waals surface area contributed by atoms with Crippen LogP contribution in [0.3, 0.4) is 0 Å². The van der Waals surface area contributed by atoms with Gasteiger partial charge < -0.3 is 21.1 Å². The molecule has 0 atom stereocenters. The smallest absolute Gasteiger partial charge is 0.225 e. The number of aliphatic hydroxyl groups is 1. The largest absolute Gasteiger partial charge is 0.399 e. The van der Waals surface area contributed by atoms with Crippen molar-refractivity contribution in [3.63, 3.8) is 0 Å². The van der Waals surface area contributed by atoms with Gasteiger partial charge in [0.05, 0.1) is 5.69 Å². The van der Waals surface area contributed by atoms with Crippen LogP contribution in [0, 0.1) is 5.82 Å². The number of amides is 1. The van der Waals surface area contributed by atoms with E-state index in [1.54, 1.807) is 0 Å². The lowest BCUT2D eigenvalue weighted by atomic mass is 10.2. The fraction of sp³-hybridized carbons (Fsp3) is 0.533. The predicted molar refractivity (Wildman–Crippen MR) is 82.5 cm³/mol. The van der Waals surface area contributed by atoms with Crippen molar-refractivity contribution in [3.05, 3.63) is 24.0 Å². The minimum Gasteiger partial charge on any atom is -0.399 e. The molecule has 118 valence electrons. The van der Waals surface area contributed by atoms with Crippen LogP contribution >= 0.6 is 0 Å². The van der Waals surface area contributed by atoms with Crippen LogP contribution in [0.25, 0.3) is 0 Å². The van der Waals surface area contributed by atoms with E-state index < -0.39 is 5.82 Å². The Morgan fingerprint density at radius 3 is 2.81 bits per heavy atom. The maximum atomic E-state index is 13.5. The number of nitrogens with one attached hydrogen (secondary N) is 1. The number of nitrogen functional groups attached to an aromatic ring is 1. The van der Waals surface area contributed by atoms with Gasteiger partial charge in [-0.05, 0) is 51.1 Å². The van der Waals surface area contributed by atoms with E-state index in [1.807, 2.05) is 11.9 Å². The molecule has 0 aromatic heterocycles. The molecule has 0 radical (unpaired) electrons. The van der Waals surface area contributed by atoms with Crippen molar-refractivity contribution >= 4 is 17.3 Å². The van der Waals surface area contributed by atoms with Gasteiger partial charge in [-0.25, -0.2) is 4.39 Å². The standard InChI is InChI=1S/C15H24FN3O2/c1-19(8-3-2-4-10-20)9-7-15(21)18-14-11-12(17)5-6-13(14)16/h5-6,11,20H,2-4,7-10,17H2,1H3,(H,18,21). The zero-order chi connectivity index (χ0) is 15.7. The third kappa shape index (κ3) is 7.06. The van der Waals surface area contributed by atoms with E-state index >= 15 is 0 Å². The Hall–Kier alpha value is -1.66. The molecular formula is C15H24FN3O2. The molecule has 1 rings (SSSR count). The first kappa shape index (κ1) is 17.4. The third-order valence-electron chi connectivity index (χ3n) is 3.18. The summed E-state index contributed by atoms with van der Waals surface area (Å²) in [5, 5.41) is 11.2. The van der Waals surface area contributed by atoms with E-state index in [0.717, 1.165) is 25.8 Å². The van der Waals surface area contributed by atoms with Crippen molar-refractivity contribution < 1.29 is 14.3 Å². The number of halogens is 1. The first-order chi connectivity index (χ1) is 10.0. The van der Waals surface area contributed by atoms with E-state index in [2.05, 4.69) is 5.32 Å². The summed E-state index contributed by atoms with van der Waals surface area (Å²) in [5.41, 5.74) is 6.09. The van der Waals surface area contributed by atoms with Gasteiger partial charge in [0, 0.05) is 25.3 Å². The summed E-state index contributed by atoms with van der Waals surface area (Å²) >= 11 is 0. The number of nitrogens with two attached hydrogens (primary N) is 1. The highest BCUT2D eigenvalue weighted by Gasteiger charge is 2.08. The highest BCUT2D eigenvalue weighted by Crippen LogP contribution is 2.17. The number of unbranched alkanes of at least 4 members (excludes halogenated alkanes) is 2. The monoisotopic (exact) mass is 297 g/mol. The summed E-state index contributed by atoms with van der Waals surface area (Å²) in [6.07, 6.45) is 3.07. The van der Waals surface area contributed by atoms with Gasteiger partial charge in [0.2, 0.25) is 5.91 Å². The van der Waals surface area contributed by atoms with E-state index in [4.69, 9.17) is 10.8 Å². The number of hydrogen-bond acceptors (Lipinski definition) is 4. The number of anilines is 2. The molecule has 0 aliphatic rings. The number of aliphatic hydroxyl groups excluding tert-OH is 1. The Morgan fingerprint density at radius 2 is 2.10 bits per heavy atom. The van der Waals surface area contributed by atoms with E-state index in [1.165, 1.54) is 18.2 Å². The lowest BCUT2D eigenvalue weighted by molar-refractivity contribution is -0.116. The molecule has 6 heteroatoms. The zero-order valence-electron chi connectivity index (χ0n) is 12.4. The Morgan fingerprint density at radius 1 is 1.33 bits per heavy atom. The van der Waals surface area contributed by atoms with Crippen molar-refractivity contribution in [2.45, 2.75) is 25.7 Å². The van der Waals surface area contributed by atoms with Gasteiger partial charge in [0.25, 0.3) is 0 Å². The molecule has 0 fully saturated rings. The van der Waals surface area contributed by atoms with E-state index in [0.29, 0.717) is 18.7 Å². The Labute approximate surface area is 124 Å². The van der Waals surface area contributed by atoms with Gasteiger partial charge in [-0.3, -0.25) is 4.79 Å². The SMILES string of the molecule is CN(CCCCCO)CCC(=O)Nc1cc(N)ccc1F. The van der Waals surface area contributed by atoms with Crippen molar-refractivity contribution in [2.75, 3.05) is 37.8 Å². The Bertz CT molecular complexity index is 455. The summed E-state index contributed by atoms with van der Waals surface area (Å²) in [6.45, 7) is 1.70. The number of hydrogen-bond donors (Lipinski definition) is 3. The van der Waals surface area contributed by atoms with Gasteiger partial charge in [0.1, 0.15) is 5.82 Å². The molecule has 0 aliphatic carbocycles. The van der Waals surface area contributed by atoms with Crippen molar-refractivity contribution in [2.24, 2.45) is 0 Å². The summed E-state index contributed by atoms with van der Waals surface area (Å²) in [7, 11) is 1.94. The minimum absolute atomic E-state index is 0.116. The Kier molecular flexibility index (Phi) is 7.71. The number of rotatable bonds is 9. The summed E-state index contributed by atoms with van der Waals surface area (Å²) in [5.74, 6) is -0.725. The van der Waals surface area contributed by atoms with Gasteiger partial charge in [-0.2, -0.15) is 0 Å². The summed E-state index contributed by atoms with van der Waals surface area (Å²) in [4.78, 5) is 13.8. The third-order valence-corrected chi connectivity index (χ3v) is 3.18. The summed E-state index contributed by atoms with van der Waals surface area (Å²) < 4.78 is 13.5. The number of benzene rings is 1. The molecule has 0 unspecified atom stereocenters. The molecule has 1 aromatic rings. The Balaban J connectivity index is 2.29. The van der Waals surface area contributed by atoms with Crippen LogP contribution in [0.15, 0.2) is 18.2 Å². The molecule has 0 spiro atoms. The second-order valence-corrected chi connectivity index (χ2v) is 5.13. The molecule has 4 N–H and O–H groups in total. The molecule has 0 saturated heterocycles. The average molecular weight is 297 g/mol. The van der Waals surface area contributed by atoms with Crippen LogP contribution in [0.2, 0.25) is 0 Å². The first-order valence-electron chi connectivity index (χ1n) is 7.17. The predicted octanol–water partition coefficient (Wildman–Crippen LogP) is 1.83. The van der Waals surface area contributed by atoms with Crippen LogP contribution < -0.4 is 11.1 Å². The number of carbonyl (C=O) groups excluding carboxylic acids is 1. The molecular weight excluding hydrogens is 273 g/mol. The quantitative estimate of drug-likeness (QED) is 0.480. The fourth-order valence-electron chi connectivity index (χ4n) is 1.93. The number of carbonyl (C=O) groups is 1. The second kappa shape index (κ2) is 9.31. The van der Waals surface area contributed by atoms with Gasteiger partial charge in [-0.15, -0.1) is 0 Å². The molecule has 1 amide bonds. The molecule has 21 heavy (non-hydrogen) atoms. The fourth-order valence-corrected chi connectivity index (χ4v) is 1.93. The van der Waals surface area contributed by atoms with Gasteiger partial charge >= 0.3 is 0 Å². The lowest BCUT2D eigenvalue weighted by Gasteiger charge is -2.16. The molecule has 1 aromatic carbocycles. The average Bonchev–Trinajstić information content (AvgIpc) is 2.45. The highest BCUT2D eigenvalue weighted by molar-refractivity contribution is 5.91. The van der Waals surface area contributed by atoms with Crippen LogP contribution in [-0.4, -0.2) is 42.7 Å². The van der Waals surface area contributed by atoms with Crippen LogP contribution in [-0.2, 0) is 4.79 Å². The van der Waals surface area contributed by atoms with Crippen molar-refractivity contribution in [1.29, 1.82) is 0 Å². The minimum atomic E-state index is -0.491. The lowest BCUT2D eigenvalue weighted by Crippen LogP contribution is -2.25. The molecule has 0 heterocycles. The molecule has 0 aliphatic heterocycles. The first-order valence-corrected chi connectivity index (χ1v) is 7.17.